The van der Waals surface area contributed by atoms with E-state index in [2.05, 4.69) is 50.8 Å². The number of benzene rings is 2. The molecular formula is C23H31NO4. The molecule has 5 heteroatoms. The van der Waals surface area contributed by atoms with E-state index in [0.29, 0.717) is 12.4 Å². The fourth-order valence-electron chi connectivity index (χ4n) is 2.94. The number of hydrogen-bond acceptors (Lipinski definition) is 4. The number of rotatable bonds is 8. The summed E-state index contributed by atoms with van der Waals surface area (Å²) in [5, 5.41) is 8.92. The first-order chi connectivity index (χ1) is 13.1. The van der Waals surface area contributed by atoms with Crippen molar-refractivity contribution in [1.29, 1.82) is 0 Å². The zero-order valence-corrected chi connectivity index (χ0v) is 17.7. The van der Waals surface area contributed by atoms with E-state index in [1.807, 2.05) is 32.3 Å². The minimum Gasteiger partial charge on any atom is -0.492 e. The molecule has 0 saturated carbocycles. The van der Waals surface area contributed by atoms with E-state index in [1.165, 1.54) is 0 Å². The Hall–Kier alpha value is -2.53. The van der Waals surface area contributed by atoms with Gasteiger partial charge in [0.05, 0.1) is 0 Å². The maximum absolute atomic E-state index is 10.9. The largest absolute Gasteiger partial charge is 0.492 e. The van der Waals surface area contributed by atoms with Crippen LogP contribution in [0.25, 0.3) is 11.1 Å². The molecule has 0 atom stereocenters. The number of carboxylic acids is 1. The van der Waals surface area contributed by atoms with Gasteiger partial charge in [0.15, 0.2) is 6.61 Å². The van der Waals surface area contributed by atoms with Crippen LogP contribution in [-0.2, 0) is 10.2 Å². The zero-order valence-electron chi connectivity index (χ0n) is 17.7. The third-order valence-electron chi connectivity index (χ3n) is 4.45. The molecule has 152 valence electrons. The first kappa shape index (κ1) is 21.8. The minimum atomic E-state index is -0.982. The number of ether oxygens (including phenoxy) is 2. The predicted octanol–water partition coefficient (Wildman–Crippen LogP) is 4.36. The second-order valence-corrected chi connectivity index (χ2v) is 8.27. The van der Waals surface area contributed by atoms with Gasteiger partial charge in [-0.25, -0.2) is 4.79 Å². The molecule has 0 saturated heterocycles. The van der Waals surface area contributed by atoms with Crippen LogP contribution in [0.2, 0.25) is 0 Å². The smallest absolute Gasteiger partial charge is 0.341 e. The van der Waals surface area contributed by atoms with Crippen molar-refractivity contribution in [1.82, 2.24) is 4.90 Å². The second-order valence-electron chi connectivity index (χ2n) is 8.27. The normalized spacial score (nSPS) is 11.5. The van der Waals surface area contributed by atoms with E-state index in [9.17, 15) is 4.79 Å². The van der Waals surface area contributed by atoms with Crippen molar-refractivity contribution in [3.8, 4) is 22.6 Å². The molecule has 0 amide bonds. The number of aryl methyl sites for hydroxylation is 1. The summed E-state index contributed by atoms with van der Waals surface area (Å²) >= 11 is 0. The zero-order chi connectivity index (χ0) is 20.9. The highest BCUT2D eigenvalue weighted by molar-refractivity contribution is 5.71. The van der Waals surface area contributed by atoms with Crippen molar-refractivity contribution in [3.63, 3.8) is 0 Å². The molecule has 2 aromatic rings. The number of carboxylic acid groups (broad SMARTS) is 1. The summed E-state index contributed by atoms with van der Waals surface area (Å²) in [5.74, 6) is 0.491. The van der Waals surface area contributed by atoms with Gasteiger partial charge in [0.25, 0.3) is 0 Å². The summed E-state index contributed by atoms with van der Waals surface area (Å²) in [6, 6.07) is 12.0. The highest BCUT2D eigenvalue weighted by Gasteiger charge is 2.21. The van der Waals surface area contributed by atoms with Gasteiger partial charge < -0.3 is 19.5 Å². The van der Waals surface area contributed by atoms with Crippen LogP contribution >= 0.6 is 0 Å². The molecule has 0 spiro atoms. The molecular weight excluding hydrogens is 354 g/mol. The highest BCUT2D eigenvalue weighted by atomic mass is 16.5. The highest BCUT2D eigenvalue weighted by Crippen LogP contribution is 2.36. The number of hydrogen-bond donors (Lipinski definition) is 1. The minimum absolute atomic E-state index is 0.174. The lowest BCUT2D eigenvalue weighted by Gasteiger charge is -2.24. The molecule has 0 aliphatic carbocycles. The standard InChI is InChI=1S/C23H31NO4/c1-16-13-18(27-12-11-24(5)6)8-9-19(16)17-7-10-21(28-15-22(25)26)20(14-17)23(2,3)4/h7-10,13-14H,11-12,15H2,1-6H3,(H,25,26). The first-order valence-electron chi connectivity index (χ1n) is 9.45. The molecule has 0 unspecified atom stereocenters. The summed E-state index contributed by atoms with van der Waals surface area (Å²) in [5.41, 5.74) is 4.13. The number of carbonyl (C=O) groups is 1. The third kappa shape index (κ3) is 5.99. The van der Waals surface area contributed by atoms with E-state index in [4.69, 9.17) is 14.6 Å². The van der Waals surface area contributed by atoms with Gasteiger partial charge in [-0.3, -0.25) is 0 Å². The van der Waals surface area contributed by atoms with Gasteiger partial charge in [0.1, 0.15) is 18.1 Å². The summed E-state index contributed by atoms with van der Waals surface area (Å²) in [4.78, 5) is 13.0. The summed E-state index contributed by atoms with van der Waals surface area (Å²) in [7, 11) is 4.04. The quantitative estimate of drug-likeness (QED) is 0.731. The summed E-state index contributed by atoms with van der Waals surface area (Å²) in [6.45, 7) is 9.51. The Kier molecular flexibility index (Phi) is 7.08. The fourth-order valence-corrected chi connectivity index (χ4v) is 2.94. The molecule has 0 aliphatic heterocycles. The maximum Gasteiger partial charge on any atom is 0.341 e. The van der Waals surface area contributed by atoms with E-state index in [-0.39, 0.29) is 12.0 Å². The summed E-state index contributed by atoms with van der Waals surface area (Å²) in [6.07, 6.45) is 0. The van der Waals surface area contributed by atoms with Crippen LogP contribution in [0.3, 0.4) is 0 Å². The Labute approximate surface area is 167 Å². The second kappa shape index (κ2) is 9.11. The Morgan fingerprint density at radius 1 is 1.07 bits per heavy atom. The van der Waals surface area contributed by atoms with Crippen LogP contribution in [0.5, 0.6) is 11.5 Å². The first-order valence-corrected chi connectivity index (χ1v) is 9.45. The molecule has 0 radical (unpaired) electrons. The van der Waals surface area contributed by atoms with E-state index in [0.717, 1.165) is 34.5 Å². The molecule has 2 aromatic carbocycles. The maximum atomic E-state index is 10.9. The van der Waals surface area contributed by atoms with E-state index < -0.39 is 5.97 Å². The fraction of sp³-hybridized carbons (Fsp3) is 0.435. The number of nitrogens with zero attached hydrogens (tertiary/aromatic N) is 1. The summed E-state index contributed by atoms with van der Waals surface area (Å²) < 4.78 is 11.3. The lowest BCUT2D eigenvalue weighted by molar-refractivity contribution is -0.139. The topological polar surface area (TPSA) is 59.0 Å². The number of aliphatic carboxylic acids is 1. The Bertz CT molecular complexity index is 822. The number of likely N-dealkylation sites (N-methyl/N-ethyl adjacent to an activating group) is 1. The van der Waals surface area contributed by atoms with Crippen molar-refractivity contribution in [2.75, 3.05) is 33.9 Å². The average Bonchev–Trinajstić information content (AvgIpc) is 2.59. The lowest BCUT2D eigenvalue weighted by atomic mass is 9.84. The average molecular weight is 386 g/mol. The molecule has 2 rings (SSSR count). The van der Waals surface area contributed by atoms with E-state index in [1.54, 1.807) is 0 Å². The van der Waals surface area contributed by atoms with E-state index >= 15 is 0 Å². The molecule has 5 nitrogen and oxygen atoms in total. The Morgan fingerprint density at radius 3 is 2.36 bits per heavy atom. The van der Waals surface area contributed by atoms with Crippen molar-refractivity contribution in [3.05, 3.63) is 47.5 Å². The van der Waals surface area contributed by atoms with Crippen LogP contribution in [0.4, 0.5) is 0 Å². The van der Waals surface area contributed by atoms with Crippen molar-refractivity contribution >= 4 is 5.97 Å². The lowest BCUT2D eigenvalue weighted by Crippen LogP contribution is -2.19. The SMILES string of the molecule is Cc1cc(OCCN(C)C)ccc1-c1ccc(OCC(=O)O)c(C(C)(C)C)c1. The van der Waals surface area contributed by atoms with Crippen molar-refractivity contribution in [2.24, 2.45) is 0 Å². The molecule has 0 aromatic heterocycles. The van der Waals surface area contributed by atoms with Gasteiger partial charge in [0, 0.05) is 12.1 Å². The van der Waals surface area contributed by atoms with Gasteiger partial charge in [-0.2, -0.15) is 0 Å². The Balaban J connectivity index is 2.30. The van der Waals surface area contributed by atoms with Crippen LogP contribution in [0.1, 0.15) is 31.9 Å². The Morgan fingerprint density at radius 2 is 1.79 bits per heavy atom. The van der Waals surface area contributed by atoms with Gasteiger partial charge in [-0.05, 0) is 67.4 Å². The monoisotopic (exact) mass is 385 g/mol. The van der Waals surface area contributed by atoms with Crippen molar-refractivity contribution in [2.45, 2.75) is 33.1 Å². The molecule has 0 heterocycles. The van der Waals surface area contributed by atoms with Gasteiger partial charge in [0.2, 0.25) is 0 Å². The molecule has 1 N–H and O–H groups in total. The molecule has 28 heavy (non-hydrogen) atoms. The van der Waals surface area contributed by atoms with Gasteiger partial charge in [-0.1, -0.05) is 32.9 Å². The molecule has 0 bridgehead atoms. The van der Waals surface area contributed by atoms with Gasteiger partial charge in [-0.15, -0.1) is 0 Å². The predicted molar refractivity (Wildman–Crippen MR) is 112 cm³/mol. The van der Waals surface area contributed by atoms with Gasteiger partial charge >= 0.3 is 5.97 Å². The molecule has 0 fully saturated rings. The van der Waals surface area contributed by atoms with Crippen LogP contribution in [0.15, 0.2) is 36.4 Å². The van der Waals surface area contributed by atoms with Crippen LogP contribution < -0.4 is 9.47 Å². The van der Waals surface area contributed by atoms with Crippen LogP contribution in [0, 0.1) is 6.92 Å². The molecule has 0 aliphatic rings. The third-order valence-corrected chi connectivity index (χ3v) is 4.45. The van der Waals surface area contributed by atoms with Crippen LogP contribution in [-0.4, -0.2) is 49.8 Å². The van der Waals surface area contributed by atoms with Crippen molar-refractivity contribution < 1.29 is 19.4 Å².